The van der Waals surface area contributed by atoms with Crippen LogP contribution in [0.5, 0.6) is 0 Å². The third-order valence-corrected chi connectivity index (χ3v) is 1.45. The Bertz CT molecular complexity index is 301. The number of rotatable bonds is 2. The number of hydrogen-bond acceptors (Lipinski definition) is 3. The van der Waals surface area contributed by atoms with E-state index in [-0.39, 0.29) is 11.0 Å². The molecule has 0 saturated heterocycles. The molecule has 0 saturated carbocycles. The Labute approximate surface area is 68.6 Å². The Balaban J connectivity index is 3.21. The van der Waals surface area contributed by atoms with Crippen molar-refractivity contribution in [3.63, 3.8) is 0 Å². The molecule has 0 amide bonds. The van der Waals surface area contributed by atoms with E-state index in [1.165, 1.54) is 6.07 Å². The molecule has 2 N–H and O–H groups in total. The number of benzene rings is 1. The van der Waals surface area contributed by atoms with Gasteiger partial charge in [0.15, 0.2) is 0 Å². The van der Waals surface area contributed by atoms with Gasteiger partial charge >= 0.3 is 7.12 Å². The van der Waals surface area contributed by atoms with E-state index < -0.39 is 12.9 Å². The SMILES string of the molecule is O=Cc1ccc(F)cc1B(O)O. The minimum Gasteiger partial charge on any atom is -0.423 e. The monoisotopic (exact) mass is 168 g/mol. The van der Waals surface area contributed by atoms with Crippen molar-refractivity contribution in [2.75, 3.05) is 0 Å². The molecule has 0 aliphatic rings. The molecule has 3 nitrogen and oxygen atoms in total. The van der Waals surface area contributed by atoms with Crippen LogP contribution in [0, 0.1) is 5.82 Å². The van der Waals surface area contributed by atoms with E-state index in [9.17, 15) is 9.18 Å². The highest BCUT2D eigenvalue weighted by Gasteiger charge is 2.15. The van der Waals surface area contributed by atoms with E-state index in [1.54, 1.807) is 0 Å². The van der Waals surface area contributed by atoms with Gasteiger partial charge in [-0.3, -0.25) is 4.79 Å². The third kappa shape index (κ3) is 1.69. The van der Waals surface area contributed by atoms with Crippen LogP contribution < -0.4 is 5.46 Å². The van der Waals surface area contributed by atoms with Crippen molar-refractivity contribution >= 4 is 18.9 Å². The van der Waals surface area contributed by atoms with E-state index in [4.69, 9.17) is 10.0 Å². The Morgan fingerprint density at radius 1 is 1.42 bits per heavy atom. The number of carbonyl (C=O) groups excluding carboxylic acids is 1. The largest absolute Gasteiger partial charge is 0.489 e. The second-order valence-electron chi connectivity index (χ2n) is 2.26. The molecule has 0 aliphatic carbocycles. The van der Waals surface area contributed by atoms with Crippen LogP contribution in [0.1, 0.15) is 10.4 Å². The van der Waals surface area contributed by atoms with Gasteiger partial charge in [-0.05, 0) is 23.7 Å². The first-order chi connectivity index (χ1) is 5.65. The molecule has 0 bridgehead atoms. The van der Waals surface area contributed by atoms with Crippen LogP contribution in [0.4, 0.5) is 4.39 Å². The van der Waals surface area contributed by atoms with Crippen LogP contribution in [0.2, 0.25) is 0 Å². The highest BCUT2D eigenvalue weighted by molar-refractivity contribution is 6.60. The van der Waals surface area contributed by atoms with Gasteiger partial charge in [-0.25, -0.2) is 4.39 Å². The van der Waals surface area contributed by atoms with Gasteiger partial charge in [0.1, 0.15) is 12.1 Å². The molecule has 62 valence electrons. The molecule has 0 aromatic heterocycles. The first kappa shape index (κ1) is 8.90. The maximum Gasteiger partial charge on any atom is 0.489 e. The molecule has 0 spiro atoms. The lowest BCUT2D eigenvalue weighted by Gasteiger charge is -2.01. The number of halogens is 1. The van der Waals surface area contributed by atoms with Gasteiger partial charge in [-0.2, -0.15) is 0 Å². The molecule has 0 heterocycles. The number of hydrogen-bond donors (Lipinski definition) is 2. The van der Waals surface area contributed by atoms with E-state index in [0.29, 0.717) is 6.29 Å². The predicted molar refractivity (Wildman–Crippen MR) is 41.6 cm³/mol. The minimum absolute atomic E-state index is 0.0754. The molecule has 0 atom stereocenters. The Morgan fingerprint density at radius 2 is 2.08 bits per heavy atom. The van der Waals surface area contributed by atoms with E-state index in [0.717, 1.165) is 12.1 Å². The van der Waals surface area contributed by atoms with E-state index >= 15 is 0 Å². The van der Waals surface area contributed by atoms with Crippen LogP contribution in [0.3, 0.4) is 0 Å². The summed E-state index contributed by atoms with van der Waals surface area (Å²) in [6.45, 7) is 0. The van der Waals surface area contributed by atoms with Gasteiger partial charge in [-0.15, -0.1) is 0 Å². The Hall–Kier alpha value is -1.20. The van der Waals surface area contributed by atoms with Crippen molar-refractivity contribution in [3.8, 4) is 0 Å². The number of carbonyl (C=O) groups is 1. The lowest BCUT2D eigenvalue weighted by molar-refractivity contribution is 0.112. The minimum atomic E-state index is -1.82. The zero-order chi connectivity index (χ0) is 9.14. The van der Waals surface area contributed by atoms with Crippen molar-refractivity contribution in [2.24, 2.45) is 0 Å². The summed E-state index contributed by atoms with van der Waals surface area (Å²) >= 11 is 0. The van der Waals surface area contributed by atoms with Gasteiger partial charge in [0.2, 0.25) is 0 Å². The van der Waals surface area contributed by atoms with Crippen LogP contribution >= 0.6 is 0 Å². The normalized spacial score (nSPS) is 9.58. The van der Waals surface area contributed by atoms with Crippen molar-refractivity contribution in [1.82, 2.24) is 0 Å². The Morgan fingerprint density at radius 3 is 2.58 bits per heavy atom. The molecule has 1 aromatic carbocycles. The maximum atomic E-state index is 12.5. The summed E-state index contributed by atoms with van der Waals surface area (Å²) in [5, 5.41) is 17.4. The number of aldehydes is 1. The second kappa shape index (κ2) is 3.47. The molecular formula is C7H6BFO3. The molecule has 0 unspecified atom stereocenters. The van der Waals surface area contributed by atoms with Gasteiger partial charge in [0.05, 0.1) is 0 Å². The first-order valence-corrected chi connectivity index (χ1v) is 3.26. The zero-order valence-corrected chi connectivity index (χ0v) is 6.07. The fourth-order valence-electron chi connectivity index (χ4n) is 0.877. The van der Waals surface area contributed by atoms with Crippen LogP contribution in [-0.2, 0) is 0 Å². The zero-order valence-electron chi connectivity index (χ0n) is 6.07. The molecule has 0 radical (unpaired) electrons. The Kier molecular flexibility index (Phi) is 2.57. The van der Waals surface area contributed by atoms with Crippen LogP contribution in [0.25, 0.3) is 0 Å². The lowest BCUT2D eigenvalue weighted by Crippen LogP contribution is -2.33. The molecule has 0 fully saturated rings. The fourth-order valence-corrected chi connectivity index (χ4v) is 0.877. The lowest BCUT2D eigenvalue weighted by atomic mass is 9.77. The maximum absolute atomic E-state index is 12.5. The smallest absolute Gasteiger partial charge is 0.423 e. The van der Waals surface area contributed by atoms with Gasteiger partial charge in [0, 0.05) is 5.56 Å². The fraction of sp³-hybridized carbons (Fsp3) is 0. The van der Waals surface area contributed by atoms with Crippen LogP contribution in [0.15, 0.2) is 18.2 Å². The third-order valence-electron chi connectivity index (χ3n) is 1.45. The second-order valence-corrected chi connectivity index (χ2v) is 2.26. The summed E-state index contributed by atoms with van der Waals surface area (Å²) in [4.78, 5) is 10.3. The quantitative estimate of drug-likeness (QED) is 0.454. The molecule has 5 heteroatoms. The van der Waals surface area contributed by atoms with Gasteiger partial charge in [-0.1, -0.05) is 0 Å². The average molecular weight is 168 g/mol. The molecular weight excluding hydrogens is 162 g/mol. The summed E-state index contributed by atoms with van der Waals surface area (Å²) in [7, 11) is -1.82. The van der Waals surface area contributed by atoms with E-state index in [1.807, 2.05) is 0 Å². The molecule has 12 heavy (non-hydrogen) atoms. The molecule has 1 aromatic rings. The van der Waals surface area contributed by atoms with Crippen molar-refractivity contribution in [3.05, 3.63) is 29.6 Å². The summed E-state index contributed by atoms with van der Waals surface area (Å²) in [5.74, 6) is -0.608. The van der Waals surface area contributed by atoms with Crippen molar-refractivity contribution in [2.45, 2.75) is 0 Å². The predicted octanol–water partition coefficient (Wildman–Crippen LogP) is -0.682. The van der Waals surface area contributed by atoms with Crippen molar-refractivity contribution in [1.29, 1.82) is 0 Å². The van der Waals surface area contributed by atoms with Gasteiger partial charge < -0.3 is 10.0 Å². The standard InChI is InChI=1S/C7H6BFO3/c9-6-2-1-5(4-10)7(3-6)8(11)12/h1-4,11-12H. The van der Waals surface area contributed by atoms with E-state index in [2.05, 4.69) is 0 Å². The van der Waals surface area contributed by atoms with Crippen molar-refractivity contribution < 1.29 is 19.2 Å². The van der Waals surface area contributed by atoms with Crippen LogP contribution in [-0.4, -0.2) is 23.5 Å². The summed E-state index contributed by atoms with van der Waals surface area (Å²) in [6.07, 6.45) is 0.439. The summed E-state index contributed by atoms with van der Waals surface area (Å²) in [5.41, 5.74) is -0.0450. The first-order valence-electron chi connectivity index (χ1n) is 3.26. The molecule has 0 aliphatic heterocycles. The van der Waals surface area contributed by atoms with Gasteiger partial charge in [0.25, 0.3) is 0 Å². The average Bonchev–Trinajstić information content (AvgIpc) is 2.04. The highest BCUT2D eigenvalue weighted by Crippen LogP contribution is 1.98. The summed E-state index contributed by atoms with van der Waals surface area (Å²) in [6, 6.07) is 3.18. The topological polar surface area (TPSA) is 57.5 Å². The highest BCUT2D eigenvalue weighted by atomic mass is 19.1. The molecule has 1 rings (SSSR count). The summed E-state index contributed by atoms with van der Waals surface area (Å²) < 4.78 is 12.5.